The van der Waals surface area contributed by atoms with Crippen molar-refractivity contribution in [3.05, 3.63) is 28.3 Å². The molecule has 0 aliphatic rings. The van der Waals surface area contributed by atoms with Gasteiger partial charge in [0.1, 0.15) is 0 Å². The molecule has 94 valence electrons. The third-order valence-corrected chi connectivity index (χ3v) is 3.77. The van der Waals surface area contributed by atoms with Gasteiger partial charge in [0, 0.05) is 0 Å². The second-order valence-corrected chi connectivity index (χ2v) is 6.27. The van der Waals surface area contributed by atoms with Crippen molar-refractivity contribution < 1.29 is 56.3 Å². The van der Waals surface area contributed by atoms with Crippen LogP contribution in [0.1, 0.15) is 0 Å². The fraction of sp³-hybridized carbons (Fsp3) is 0.250. The molecule has 0 spiro atoms. The van der Waals surface area contributed by atoms with Gasteiger partial charge in [-0.1, -0.05) is 0 Å². The Bertz CT molecular complexity index is 475. The van der Waals surface area contributed by atoms with Crippen molar-refractivity contribution >= 4 is 24.2 Å². The fourth-order valence-corrected chi connectivity index (χ4v) is 2.25. The smallest absolute Gasteiger partial charge is 1.00 e. The van der Waals surface area contributed by atoms with Crippen LogP contribution in [0.5, 0.6) is 5.75 Å². The summed E-state index contributed by atoms with van der Waals surface area (Å²) in [4.78, 5) is 9.83. The molecule has 0 aliphatic carbocycles. The third kappa shape index (κ3) is 4.73. The van der Waals surface area contributed by atoms with Gasteiger partial charge >= 0.3 is 128 Å². The monoisotopic (exact) mass is 329 g/mol. The minimum Gasteiger partial charge on any atom is 1.00 e. The Hall–Kier alpha value is -0.342. The molecule has 1 aromatic rings. The summed E-state index contributed by atoms with van der Waals surface area (Å²) in [6.07, 6.45) is 0. The van der Waals surface area contributed by atoms with Crippen molar-refractivity contribution in [1.82, 2.24) is 0 Å². The topological polar surface area (TPSA) is 133 Å². The molecule has 0 aromatic heterocycles. The van der Waals surface area contributed by atoms with Crippen LogP contribution in [0.25, 0.3) is 0 Å². The molecule has 0 fully saturated rings. The van der Waals surface area contributed by atoms with Crippen LogP contribution in [0.3, 0.4) is 0 Å². The average molecular weight is 329 g/mol. The van der Waals surface area contributed by atoms with Crippen LogP contribution in [0.4, 0.5) is 5.69 Å². The third-order valence-electron chi connectivity index (χ3n) is 1.81. The standard InChI is InChI=1S/C8H10AsNO7.Na/c11-3-4-17-8-2-1-6(9(12,13)14)5-7(8)10(15)16;/h1-2,5,11H,3-4H2,(H2,12,13,14);/q;+1/p-1. The first-order chi connectivity index (χ1) is 7.86. The van der Waals surface area contributed by atoms with Gasteiger partial charge in [-0.05, 0) is 0 Å². The van der Waals surface area contributed by atoms with Gasteiger partial charge in [0.05, 0.1) is 0 Å². The Labute approximate surface area is 127 Å². The van der Waals surface area contributed by atoms with Crippen LogP contribution < -0.4 is 42.7 Å². The molecule has 0 heterocycles. The van der Waals surface area contributed by atoms with Crippen LogP contribution >= 0.6 is 0 Å². The predicted molar refractivity (Wildman–Crippen MR) is 54.0 cm³/mol. The number of rotatable bonds is 5. The summed E-state index contributed by atoms with van der Waals surface area (Å²) in [5.41, 5.74) is -0.581. The zero-order chi connectivity index (χ0) is 13.1. The van der Waals surface area contributed by atoms with E-state index in [-0.39, 0.29) is 48.5 Å². The van der Waals surface area contributed by atoms with E-state index >= 15 is 0 Å². The first-order valence-electron chi connectivity index (χ1n) is 4.42. The first-order valence-corrected chi connectivity index (χ1v) is 7.73. The average Bonchev–Trinajstić information content (AvgIpc) is 2.24. The molecule has 1 unspecified atom stereocenters. The molecule has 1 aromatic carbocycles. The van der Waals surface area contributed by atoms with E-state index in [2.05, 4.69) is 0 Å². The molecule has 0 radical (unpaired) electrons. The molecule has 0 aliphatic heterocycles. The number of nitro groups is 1. The van der Waals surface area contributed by atoms with Crippen LogP contribution in [-0.4, -0.2) is 41.5 Å². The van der Waals surface area contributed by atoms with E-state index in [0.717, 1.165) is 18.2 Å². The van der Waals surface area contributed by atoms with Gasteiger partial charge < -0.3 is 0 Å². The number of aliphatic hydroxyl groups excluding tert-OH is 1. The molecule has 0 bridgehead atoms. The number of nitrogens with zero attached hydrogens (tertiary/aromatic N) is 1. The normalized spacial score (nSPS) is 13.3. The van der Waals surface area contributed by atoms with Crippen molar-refractivity contribution in [2.75, 3.05) is 13.2 Å². The Morgan fingerprint density at radius 1 is 1.44 bits per heavy atom. The van der Waals surface area contributed by atoms with Crippen LogP contribution in [0, 0.1) is 10.1 Å². The minimum atomic E-state index is -5.41. The Kier molecular flexibility index (Phi) is 7.16. The predicted octanol–water partition coefficient (Wildman–Crippen LogP) is -5.10. The van der Waals surface area contributed by atoms with Gasteiger partial charge in [-0.25, -0.2) is 0 Å². The molecular weight excluding hydrogens is 320 g/mol. The van der Waals surface area contributed by atoms with Crippen molar-refractivity contribution in [2.45, 2.75) is 0 Å². The Morgan fingerprint density at radius 2 is 2.06 bits per heavy atom. The number of nitro benzene ring substituents is 1. The van der Waals surface area contributed by atoms with Gasteiger partial charge in [0.25, 0.3) is 0 Å². The molecule has 2 N–H and O–H groups in total. The van der Waals surface area contributed by atoms with E-state index in [4.69, 9.17) is 13.9 Å². The first kappa shape index (κ1) is 17.7. The van der Waals surface area contributed by atoms with E-state index in [0.29, 0.717) is 0 Å². The SMILES string of the molecule is O=[N+]([O-])c1cc([As](=O)([O-])O)ccc1OCCO.[Na+]. The molecule has 18 heavy (non-hydrogen) atoms. The molecule has 0 saturated carbocycles. The Morgan fingerprint density at radius 3 is 2.50 bits per heavy atom. The maximum atomic E-state index is 10.9. The second-order valence-electron chi connectivity index (χ2n) is 3.00. The maximum absolute atomic E-state index is 10.9. The van der Waals surface area contributed by atoms with Gasteiger partial charge in [0.2, 0.25) is 0 Å². The largest absolute Gasteiger partial charge is 1.00 e. The quantitative estimate of drug-likeness (QED) is 0.314. The minimum absolute atomic E-state index is 0. The summed E-state index contributed by atoms with van der Waals surface area (Å²) in [6, 6.07) is 2.79. The van der Waals surface area contributed by atoms with Crippen molar-refractivity contribution in [2.24, 2.45) is 0 Å². The molecule has 8 nitrogen and oxygen atoms in total. The summed E-state index contributed by atoms with van der Waals surface area (Å²) in [5.74, 6) is -0.170. The van der Waals surface area contributed by atoms with Gasteiger partial charge in [-0.2, -0.15) is 0 Å². The summed E-state index contributed by atoms with van der Waals surface area (Å²) in [7, 11) is 0. The van der Waals surface area contributed by atoms with E-state index in [1.807, 2.05) is 0 Å². The molecule has 1 rings (SSSR count). The van der Waals surface area contributed by atoms with Crippen LogP contribution in [0.2, 0.25) is 0 Å². The number of hydrogen-bond acceptors (Lipinski definition) is 6. The molecule has 10 heteroatoms. The molecule has 0 saturated heterocycles. The number of ether oxygens (including phenoxy) is 1. The van der Waals surface area contributed by atoms with Gasteiger partial charge in [-0.3, -0.25) is 0 Å². The molecule has 1 atom stereocenters. The second kappa shape index (κ2) is 7.30. The van der Waals surface area contributed by atoms with E-state index < -0.39 is 29.1 Å². The van der Waals surface area contributed by atoms with E-state index in [1.54, 1.807) is 0 Å². The van der Waals surface area contributed by atoms with Crippen molar-refractivity contribution in [1.29, 1.82) is 0 Å². The van der Waals surface area contributed by atoms with Crippen molar-refractivity contribution in [3.8, 4) is 5.75 Å². The number of hydrogen-bond donors (Lipinski definition) is 2. The van der Waals surface area contributed by atoms with Crippen LogP contribution in [0.15, 0.2) is 18.2 Å². The summed E-state index contributed by atoms with van der Waals surface area (Å²) >= 11 is -5.41. The van der Waals surface area contributed by atoms with Gasteiger partial charge in [0.15, 0.2) is 0 Å². The number of benzene rings is 1. The number of aliphatic hydroxyl groups is 1. The fourth-order valence-electron chi connectivity index (χ4n) is 1.10. The van der Waals surface area contributed by atoms with Gasteiger partial charge in [-0.15, -0.1) is 0 Å². The molecular formula is C8H9AsNNaO7. The van der Waals surface area contributed by atoms with E-state index in [1.165, 1.54) is 0 Å². The summed E-state index contributed by atoms with van der Waals surface area (Å²) < 4.78 is 34.9. The molecule has 0 amide bonds. The van der Waals surface area contributed by atoms with E-state index in [9.17, 15) is 17.9 Å². The maximum Gasteiger partial charge on any atom is 1.00 e. The van der Waals surface area contributed by atoms with Crippen LogP contribution in [-0.2, 0) is 3.74 Å². The zero-order valence-corrected chi connectivity index (χ0v) is 13.4. The van der Waals surface area contributed by atoms with Crippen molar-refractivity contribution in [3.63, 3.8) is 0 Å². The summed E-state index contributed by atoms with van der Waals surface area (Å²) in [5, 5.41) is 19.2. The zero-order valence-electron chi connectivity index (χ0n) is 9.48. The Balaban J connectivity index is 0.00000289. The summed E-state index contributed by atoms with van der Waals surface area (Å²) in [6.45, 7) is -0.484.